The highest BCUT2D eigenvalue weighted by Crippen LogP contribution is 2.12. The van der Waals surface area contributed by atoms with Crippen molar-refractivity contribution in [3.63, 3.8) is 0 Å². The van der Waals surface area contributed by atoms with Crippen LogP contribution in [0.15, 0.2) is 53.4 Å². The largest absolute Gasteiger partial charge is 0.399 e. The summed E-state index contributed by atoms with van der Waals surface area (Å²) in [5, 5.41) is 2.70. The fourth-order valence-electron chi connectivity index (χ4n) is 2.29. The van der Waals surface area contributed by atoms with Gasteiger partial charge in [-0.25, -0.2) is 13.1 Å². The molecule has 4 N–H and O–H groups in total. The van der Waals surface area contributed by atoms with Gasteiger partial charge in [-0.15, -0.1) is 12.4 Å². The monoisotopic (exact) mass is 397 g/mol. The lowest BCUT2D eigenvalue weighted by molar-refractivity contribution is -0.121. The molecule has 26 heavy (non-hydrogen) atoms. The summed E-state index contributed by atoms with van der Waals surface area (Å²) in [6, 6.07) is 14.0. The van der Waals surface area contributed by atoms with E-state index in [1.165, 1.54) is 0 Å². The maximum absolute atomic E-state index is 12.1. The maximum Gasteiger partial charge on any atom is 0.240 e. The molecule has 0 unspecified atom stereocenters. The van der Waals surface area contributed by atoms with E-state index in [1.54, 1.807) is 30.3 Å². The molecule has 0 aliphatic carbocycles. The first-order valence-electron chi connectivity index (χ1n) is 8.05. The highest BCUT2D eigenvalue weighted by molar-refractivity contribution is 7.89. The molecule has 1 amide bonds. The van der Waals surface area contributed by atoms with Gasteiger partial charge < -0.3 is 11.1 Å². The molecule has 0 aliphatic rings. The van der Waals surface area contributed by atoms with Gasteiger partial charge in [0.2, 0.25) is 15.9 Å². The molecule has 0 heterocycles. The molecular formula is C18H24ClN3O3S. The summed E-state index contributed by atoms with van der Waals surface area (Å²) in [6.45, 7) is 2.26. The van der Waals surface area contributed by atoms with Gasteiger partial charge in [0.15, 0.2) is 0 Å². The first kappa shape index (κ1) is 22.0. The molecule has 0 saturated heterocycles. The van der Waals surface area contributed by atoms with Crippen LogP contribution in [0.5, 0.6) is 0 Å². The molecular weight excluding hydrogens is 374 g/mol. The second-order valence-corrected chi connectivity index (χ2v) is 7.53. The number of amides is 1. The Bertz CT molecular complexity index is 824. The molecule has 8 heteroatoms. The predicted octanol–water partition coefficient (Wildman–Crippen LogP) is 2.03. The van der Waals surface area contributed by atoms with Gasteiger partial charge in [0.05, 0.1) is 4.90 Å². The Labute approximate surface area is 160 Å². The first-order chi connectivity index (χ1) is 11.9. The number of hydrogen-bond donors (Lipinski definition) is 3. The number of nitrogen functional groups attached to an aromatic ring is 1. The zero-order valence-corrected chi connectivity index (χ0v) is 16.2. The third-order valence-electron chi connectivity index (χ3n) is 3.75. The van der Waals surface area contributed by atoms with Crippen LogP contribution in [-0.2, 0) is 21.2 Å². The van der Waals surface area contributed by atoms with E-state index in [2.05, 4.69) is 10.0 Å². The lowest BCUT2D eigenvalue weighted by Crippen LogP contribution is -2.34. The Hall–Kier alpha value is -2.09. The van der Waals surface area contributed by atoms with Gasteiger partial charge in [0.1, 0.15) is 0 Å². The Morgan fingerprint density at radius 1 is 1.04 bits per heavy atom. The van der Waals surface area contributed by atoms with Crippen molar-refractivity contribution in [2.75, 3.05) is 18.8 Å². The second-order valence-electron chi connectivity index (χ2n) is 5.76. The van der Waals surface area contributed by atoms with Gasteiger partial charge >= 0.3 is 0 Å². The lowest BCUT2D eigenvalue weighted by Gasteiger charge is -2.09. The smallest absolute Gasteiger partial charge is 0.240 e. The summed E-state index contributed by atoms with van der Waals surface area (Å²) < 4.78 is 26.7. The minimum atomic E-state index is -3.55. The highest BCUT2D eigenvalue weighted by atomic mass is 35.5. The van der Waals surface area contributed by atoms with E-state index < -0.39 is 10.0 Å². The number of nitrogens with one attached hydrogen (secondary N) is 2. The number of carbonyl (C=O) groups excluding carboxylic acids is 1. The van der Waals surface area contributed by atoms with Crippen molar-refractivity contribution in [3.05, 3.63) is 59.7 Å². The van der Waals surface area contributed by atoms with Crippen LogP contribution in [0.4, 0.5) is 5.69 Å². The van der Waals surface area contributed by atoms with Crippen molar-refractivity contribution in [3.8, 4) is 0 Å². The third-order valence-corrected chi connectivity index (χ3v) is 5.22. The van der Waals surface area contributed by atoms with E-state index in [0.717, 1.165) is 11.1 Å². The molecule has 0 aliphatic heterocycles. The van der Waals surface area contributed by atoms with Crippen LogP contribution in [0.25, 0.3) is 0 Å². The molecule has 0 bridgehead atoms. The number of carbonyl (C=O) groups is 1. The van der Waals surface area contributed by atoms with E-state index in [-0.39, 0.29) is 36.3 Å². The van der Waals surface area contributed by atoms with Gasteiger partial charge in [-0.2, -0.15) is 0 Å². The van der Waals surface area contributed by atoms with E-state index >= 15 is 0 Å². The number of sulfonamides is 1. The number of aryl methyl sites for hydroxylation is 2. The number of hydrogen-bond acceptors (Lipinski definition) is 4. The molecule has 0 fully saturated rings. The topological polar surface area (TPSA) is 101 Å². The van der Waals surface area contributed by atoms with E-state index in [1.807, 2.05) is 25.1 Å². The summed E-state index contributed by atoms with van der Waals surface area (Å²) in [6.07, 6.45) is 0.854. The average molecular weight is 398 g/mol. The summed E-state index contributed by atoms with van der Waals surface area (Å²) in [7, 11) is -3.55. The SMILES string of the molecule is Cc1ccc(S(=O)(=O)NCCNC(=O)CCc2ccccc2N)cc1.Cl. The summed E-state index contributed by atoms with van der Waals surface area (Å²) in [4.78, 5) is 12.0. The molecule has 0 atom stereocenters. The highest BCUT2D eigenvalue weighted by Gasteiger charge is 2.12. The predicted molar refractivity (Wildman–Crippen MR) is 106 cm³/mol. The van der Waals surface area contributed by atoms with Gasteiger partial charge in [0, 0.05) is 25.2 Å². The molecule has 0 radical (unpaired) electrons. The number of anilines is 1. The number of benzene rings is 2. The molecule has 0 spiro atoms. The summed E-state index contributed by atoms with van der Waals surface area (Å²) >= 11 is 0. The van der Waals surface area contributed by atoms with Crippen LogP contribution < -0.4 is 15.8 Å². The van der Waals surface area contributed by atoms with Crippen LogP contribution in [-0.4, -0.2) is 27.4 Å². The van der Waals surface area contributed by atoms with E-state index in [4.69, 9.17) is 5.73 Å². The molecule has 0 aromatic heterocycles. The standard InChI is InChI=1S/C18H23N3O3S.ClH/c1-14-6-9-16(10-7-14)25(23,24)21-13-12-20-18(22)11-8-15-4-2-3-5-17(15)19;/h2-7,9-10,21H,8,11-13,19H2,1H3,(H,20,22);1H. The third kappa shape index (κ3) is 6.67. The minimum Gasteiger partial charge on any atom is -0.399 e. The minimum absolute atomic E-state index is 0. The number of nitrogens with two attached hydrogens (primary N) is 1. The van der Waals surface area contributed by atoms with Crippen molar-refractivity contribution >= 4 is 34.0 Å². The number of para-hydroxylation sites is 1. The molecule has 142 valence electrons. The molecule has 2 aromatic rings. The van der Waals surface area contributed by atoms with Gasteiger partial charge in [0.25, 0.3) is 0 Å². The van der Waals surface area contributed by atoms with Crippen molar-refractivity contribution < 1.29 is 13.2 Å². The van der Waals surface area contributed by atoms with Crippen molar-refractivity contribution in [2.45, 2.75) is 24.7 Å². The average Bonchev–Trinajstić information content (AvgIpc) is 2.58. The van der Waals surface area contributed by atoms with Crippen molar-refractivity contribution in [1.29, 1.82) is 0 Å². The number of halogens is 1. The molecule has 6 nitrogen and oxygen atoms in total. The van der Waals surface area contributed by atoms with Crippen LogP contribution in [0.1, 0.15) is 17.5 Å². The Morgan fingerprint density at radius 2 is 1.69 bits per heavy atom. The summed E-state index contributed by atoms with van der Waals surface area (Å²) in [5.74, 6) is -0.141. The van der Waals surface area contributed by atoms with Crippen molar-refractivity contribution in [1.82, 2.24) is 10.0 Å². The van der Waals surface area contributed by atoms with E-state index in [0.29, 0.717) is 18.5 Å². The Morgan fingerprint density at radius 3 is 2.35 bits per heavy atom. The van der Waals surface area contributed by atoms with Crippen LogP contribution in [0.3, 0.4) is 0 Å². The van der Waals surface area contributed by atoms with Gasteiger partial charge in [-0.05, 0) is 37.1 Å². The summed E-state index contributed by atoms with van der Waals surface area (Å²) in [5.41, 5.74) is 8.42. The van der Waals surface area contributed by atoms with Gasteiger partial charge in [-0.3, -0.25) is 4.79 Å². The zero-order valence-electron chi connectivity index (χ0n) is 14.6. The zero-order chi connectivity index (χ0) is 18.3. The second kappa shape index (κ2) is 10.2. The van der Waals surface area contributed by atoms with Crippen LogP contribution in [0.2, 0.25) is 0 Å². The normalized spacial score (nSPS) is 10.8. The number of rotatable bonds is 8. The molecule has 0 saturated carbocycles. The lowest BCUT2D eigenvalue weighted by atomic mass is 10.1. The molecule has 2 rings (SSSR count). The Balaban J connectivity index is 0.00000338. The van der Waals surface area contributed by atoms with Gasteiger partial charge in [-0.1, -0.05) is 35.9 Å². The fraction of sp³-hybridized carbons (Fsp3) is 0.278. The van der Waals surface area contributed by atoms with E-state index in [9.17, 15) is 13.2 Å². The molecule has 2 aromatic carbocycles. The fourth-order valence-corrected chi connectivity index (χ4v) is 3.32. The van der Waals surface area contributed by atoms with Crippen LogP contribution in [0, 0.1) is 6.92 Å². The Kier molecular flexibility index (Phi) is 8.57. The first-order valence-corrected chi connectivity index (χ1v) is 9.53. The maximum atomic E-state index is 12.1. The van der Waals surface area contributed by atoms with Crippen LogP contribution >= 0.6 is 12.4 Å². The van der Waals surface area contributed by atoms with Crippen molar-refractivity contribution in [2.24, 2.45) is 0 Å². The quantitative estimate of drug-likeness (QED) is 0.468.